The Kier molecular flexibility index (Phi) is 3.47. The number of methoxy groups -OCH3 is 2. The molecule has 0 aliphatic rings. The number of hydrogen-bond donors (Lipinski definition) is 1. The number of hydrogen-bond acceptors (Lipinski definition) is 6. The summed E-state index contributed by atoms with van der Waals surface area (Å²) >= 11 is 0. The van der Waals surface area contributed by atoms with Gasteiger partial charge in [0.25, 0.3) is 5.89 Å². The highest BCUT2D eigenvalue weighted by Crippen LogP contribution is 2.37. The van der Waals surface area contributed by atoms with E-state index in [1.165, 1.54) is 0 Å². The van der Waals surface area contributed by atoms with Crippen molar-refractivity contribution < 1.29 is 14.0 Å². The molecule has 6 nitrogen and oxygen atoms in total. The molecular formula is C12H15N3O3. The van der Waals surface area contributed by atoms with Crippen LogP contribution in [-0.4, -0.2) is 24.4 Å². The predicted octanol–water partition coefficient (Wildman–Crippen LogP) is 1.77. The Morgan fingerprint density at radius 2 is 2.06 bits per heavy atom. The van der Waals surface area contributed by atoms with Gasteiger partial charge in [-0.1, -0.05) is 11.2 Å². The Hall–Kier alpha value is -2.08. The molecule has 0 aliphatic heterocycles. The van der Waals surface area contributed by atoms with Crippen molar-refractivity contribution in [3.05, 3.63) is 24.0 Å². The summed E-state index contributed by atoms with van der Waals surface area (Å²) < 4.78 is 15.7. The highest BCUT2D eigenvalue weighted by molar-refractivity contribution is 5.67. The van der Waals surface area contributed by atoms with Crippen LogP contribution < -0.4 is 15.2 Å². The number of rotatable bonds is 4. The predicted molar refractivity (Wildman–Crippen MR) is 65.4 cm³/mol. The minimum absolute atomic E-state index is 0.279. The molecule has 1 aromatic carbocycles. The van der Waals surface area contributed by atoms with Gasteiger partial charge in [-0.15, -0.1) is 0 Å². The van der Waals surface area contributed by atoms with E-state index in [4.69, 9.17) is 19.7 Å². The van der Waals surface area contributed by atoms with Crippen LogP contribution in [0.25, 0.3) is 11.5 Å². The van der Waals surface area contributed by atoms with E-state index in [9.17, 15) is 0 Å². The molecule has 1 atom stereocenters. The lowest BCUT2D eigenvalue weighted by Crippen LogP contribution is -2.06. The van der Waals surface area contributed by atoms with Gasteiger partial charge in [-0.2, -0.15) is 4.98 Å². The Morgan fingerprint density at radius 1 is 1.28 bits per heavy atom. The lowest BCUT2D eigenvalue weighted by Gasteiger charge is -2.09. The van der Waals surface area contributed by atoms with E-state index in [2.05, 4.69) is 10.1 Å². The van der Waals surface area contributed by atoms with E-state index in [0.29, 0.717) is 28.8 Å². The smallest absolute Gasteiger partial charge is 0.261 e. The minimum Gasteiger partial charge on any atom is -0.493 e. The van der Waals surface area contributed by atoms with E-state index in [1.807, 2.05) is 12.1 Å². The van der Waals surface area contributed by atoms with E-state index >= 15 is 0 Å². The molecule has 0 radical (unpaired) electrons. The van der Waals surface area contributed by atoms with Gasteiger partial charge in [-0.3, -0.25) is 0 Å². The standard InChI is InChI=1S/C12H15N3O3/c1-7(13)11-14-12(18-15-11)8-5-4-6-9(16-2)10(8)17-3/h4-7H,13H2,1-3H3. The molecule has 2 N–H and O–H groups in total. The molecule has 1 unspecified atom stereocenters. The first-order valence-corrected chi connectivity index (χ1v) is 5.48. The summed E-state index contributed by atoms with van der Waals surface area (Å²) in [6.07, 6.45) is 0. The molecule has 0 saturated heterocycles. The molecular weight excluding hydrogens is 234 g/mol. The average molecular weight is 249 g/mol. The normalized spacial score (nSPS) is 12.2. The number of nitrogens with two attached hydrogens (primary N) is 1. The summed E-state index contributed by atoms with van der Waals surface area (Å²) in [5.74, 6) is 1.98. The van der Waals surface area contributed by atoms with Crippen molar-refractivity contribution in [2.75, 3.05) is 14.2 Å². The molecule has 18 heavy (non-hydrogen) atoms. The van der Waals surface area contributed by atoms with Crippen LogP contribution >= 0.6 is 0 Å². The van der Waals surface area contributed by atoms with Crippen LogP contribution in [0.4, 0.5) is 0 Å². The van der Waals surface area contributed by atoms with Gasteiger partial charge in [0.1, 0.15) is 0 Å². The molecule has 0 aliphatic carbocycles. The number of para-hydroxylation sites is 1. The third kappa shape index (κ3) is 2.14. The van der Waals surface area contributed by atoms with Crippen molar-refractivity contribution in [2.45, 2.75) is 13.0 Å². The first-order chi connectivity index (χ1) is 8.67. The monoisotopic (exact) mass is 249 g/mol. The Morgan fingerprint density at radius 3 is 2.61 bits per heavy atom. The van der Waals surface area contributed by atoms with Crippen LogP contribution in [0, 0.1) is 0 Å². The molecule has 0 fully saturated rings. The fraction of sp³-hybridized carbons (Fsp3) is 0.333. The maximum absolute atomic E-state index is 5.69. The second-order valence-electron chi connectivity index (χ2n) is 3.79. The first-order valence-electron chi connectivity index (χ1n) is 5.48. The molecule has 0 saturated carbocycles. The minimum atomic E-state index is -0.279. The lowest BCUT2D eigenvalue weighted by atomic mass is 10.2. The van der Waals surface area contributed by atoms with Gasteiger partial charge in [0.15, 0.2) is 17.3 Å². The van der Waals surface area contributed by atoms with Crippen molar-refractivity contribution in [3.8, 4) is 23.0 Å². The Labute approximate surface area is 105 Å². The van der Waals surface area contributed by atoms with Crippen LogP contribution in [0.1, 0.15) is 18.8 Å². The fourth-order valence-corrected chi connectivity index (χ4v) is 1.58. The Bertz CT molecular complexity index is 537. The number of nitrogens with zero attached hydrogens (tertiary/aromatic N) is 2. The van der Waals surface area contributed by atoms with Gasteiger partial charge in [0, 0.05) is 0 Å². The van der Waals surface area contributed by atoms with Crippen molar-refractivity contribution in [2.24, 2.45) is 5.73 Å². The van der Waals surface area contributed by atoms with Gasteiger partial charge in [0.2, 0.25) is 0 Å². The summed E-state index contributed by atoms with van der Waals surface area (Å²) in [6.45, 7) is 1.79. The second-order valence-corrected chi connectivity index (χ2v) is 3.79. The highest BCUT2D eigenvalue weighted by Gasteiger charge is 2.18. The van der Waals surface area contributed by atoms with Crippen LogP contribution in [-0.2, 0) is 0 Å². The van der Waals surface area contributed by atoms with E-state index in [0.717, 1.165) is 0 Å². The van der Waals surface area contributed by atoms with Crippen molar-refractivity contribution >= 4 is 0 Å². The van der Waals surface area contributed by atoms with Crippen molar-refractivity contribution in [3.63, 3.8) is 0 Å². The number of aromatic nitrogens is 2. The van der Waals surface area contributed by atoms with Crippen LogP contribution in [0.2, 0.25) is 0 Å². The third-order valence-corrected chi connectivity index (χ3v) is 2.48. The third-order valence-electron chi connectivity index (χ3n) is 2.48. The van der Waals surface area contributed by atoms with Gasteiger partial charge in [-0.25, -0.2) is 0 Å². The number of ether oxygens (including phenoxy) is 2. The van der Waals surface area contributed by atoms with E-state index < -0.39 is 0 Å². The molecule has 1 aromatic heterocycles. The van der Waals surface area contributed by atoms with Crippen LogP contribution in [0.3, 0.4) is 0 Å². The largest absolute Gasteiger partial charge is 0.493 e. The first kappa shape index (κ1) is 12.4. The molecule has 0 spiro atoms. The zero-order valence-corrected chi connectivity index (χ0v) is 10.5. The molecule has 6 heteroatoms. The van der Waals surface area contributed by atoms with Crippen LogP contribution in [0.5, 0.6) is 11.5 Å². The molecule has 96 valence electrons. The van der Waals surface area contributed by atoms with E-state index in [1.54, 1.807) is 27.2 Å². The SMILES string of the molecule is COc1cccc(-c2nc(C(C)N)no2)c1OC. The fourth-order valence-electron chi connectivity index (χ4n) is 1.58. The van der Waals surface area contributed by atoms with Crippen LogP contribution in [0.15, 0.2) is 22.7 Å². The molecule has 1 heterocycles. The molecule has 2 aromatic rings. The Balaban J connectivity index is 2.49. The maximum Gasteiger partial charge on any atom is 0.261 e. The second kappa shape index (κ2) is 5.05. The van der Waals surface area contributed by atoms with Gasteiger partial charge in [-0.05, 0) is 19.1 Å². The maximum atomic E-state index is 5.69. The quantitative estimate of drug-likeness (QED) is 0.889. The summed E-state index contributed by atoms with van der Waals surface area (Å²) in [4.78, 5) is 4.23. The average Bonchev–Trinajstić information content (AvgIpc) is 2.87. The molecule has 0 amide bonds. The zero-order valence-electron chi connectivity index (χ0n) is 10.5. The van der Waals surface area contributed by atoms with Gasteiger partial charge >= 0.3 is 0 Å². The highest BCUT2D eigenvalue weighted by atomic mass is 16.5. The topological polar surface area (TPSA) is 83.4 Å². The summed E-state index contributed by atoms with van der Waals surface area (Å²) in [5.41, 5.74) is 6.37. The zero-order chi connectivity index (χ0) is 13.1. The summed E-state index contributed by atoms with van der Waals surface area (Å²) in [6, 6.07) is 5.16. The summed E-state index contributed by atoms with van der Waals surface area (Å²) in [5, 5.41) is 3.82. The van der Waals surface area contributed by atoms with Gasteiger partial charge in [0.05, 0.1) is 25.8 Å². The summed E-state index contributed by atoms with van der Waals surface area (Å²) in [7, 11) is 3.13. The number of benzene rings is 1. The lowest BCUT2D eigenvalue weighted by molar-refractivity contribution is 0.353. The van der Waals surface area contributed by atoms with E-state index in [-0.39, 0.29) is 6.04 Å². The van der Waals surface area contributed by atoms with Gasteiger partial charge < -0.3 is 19.7 Å². The molecule has 2 rings (SSSR count). The van der Waals surface area contributed by atoms with Crippen molar-refractivity contribution in [1.82, 2.24) is 10.1 Å². The van der Waals surface area contributed by atoms with Crippen molar-refractivity contribution in [1.29, 1.82) is 0 Å². The molecule has 0 bridgehead atoms.